The second-order valence-corrected chi connectivity index (χ2v) is 6.55. The van der Waals surface area contributed by atoms with Crippen LogP contribution in [0.1, 0.15) is 28.3 Å². The highest BCUT2D eigenvalue weighted by Crippen LogP contribution is 2.42. The highest BCUT2D eigenvalue weighted by atomic mass is 16.3. The van der Waals surface area contributed by atoms with Gasteiger partial charge < -0.3 is 10.2 Å². The Hall–Kier alpha value is -3.35. The van der Waals surface area contributed by atoms with E-state index in [1.54, 1.807) is 54.0 Å². The Bertz CT molecular complexity index is 981. The first kappa shape index (κ1) is 18.0. The number of nitrogens with zero attached hydrogens (tertiary/aromatic N) is 4. The zero-order chi connectivity index (χ0) is 19.4. The second-order valence-electron chi connectivity index (χ2n) is 6.55. The van der Waals surface area contributed by atoms with Crippen LogP contribution in [0.5, 0.6) is 0 Å². The summed E-state index contributed by atoms with van der Waals surface area (Å²) in [5, 5.41) is 26.1. The van der Waals surface area contributed by atoms with E-state index in [0.717, 1.165) is 5.56 Å². The molecule has 1 unspecified atom stereocenters. The van der Waals surface area contributed by atoms with Crippen molar-refractivity contribution in [1.82, 2.24) is 19.7 Å². The molecule has 6 heteroatoms. The van der Waals surface area contributed by atoms with Gasteiger partial charge in [0.1, 0.15) is 11.6 Å². The van der Waals surface area contributed by atoms with Crippen LogP contribution in [0.25, 0.3) is 0 Å². The SMILES string of the molecule is OCc1cnn(C(c2ccccc2)C(O)(c2cccnc2)c2cccnc2)c1. The lowest BCUT2D eigenvalue weighted by molar-refractivity contribution is 0.0329. The molecule has 0 aliphatic rings. The van der Waals surface area contributed by atoms with E-state index in [2.05, 4.69) is 15.1 Å². The van der Waals surface area contributed by atoms with Gasteiger partial charge in [-0.15, -0.1) is 0 Å². The van der Waals surface area contributed by atoms with E-state index in [1.807, 2.05) is 42.5 Å². The van der Waals surface area contributed by atoms with E-state index in [1.165, 1.54) is 0 Å². The molecule has 0 bridgehead atoms. The summed E-state index contributed by atoms with van der Waals surface area (Å²) in [6, 6.07) is 16.3. The topological polar surface area (TPSA) is 84.1 Å². The molecule has 0 radical (unpaired) electrons. The average molecular weight is 372 g/mol. The summed E-state index contributed by atoms with van der Waals surface area (Å²) in [6.45, 7) is -0.125. The number of aliphatic hydroxyl groups is 2. The fourth-order valence-electron chi connectivity index (χ4n) is 3.48. The quantitative estimate of drug-likeness (QED) is 0.544. The van der Waals surface area contributed by atoms with E-state index in [0.29, 0.717) is 16.7 Å². The molecular weight excluding hydrogens is 352 g/mol. The monoisotopic (exact) mass is 372 g/mol. The van der Waals surface area contributed by atoms with Gasteiger partial charge in [-0.25, -0.2) is 0 Å². The van der Waals surface area contributed by atoms with Crippen molar-refractivity contribution < 1.29 is 10.2 Å². The fourth-order valence-corrected chi connectivity index (χ4v) is 3.48. The number of pyridine rings is 2. The molecule has 1 atom stereocenters. The Morgan fingerprint density at radius 3 is 2.00 bits per heavy atom. The van der Waals surface area contributed by atoms with Crippen LogP contribution in [0.3, 0.4) is 0 Å². The number of aromatic nitrogens is 4. The smallest absolute Gasteiger partial charge is 0.144 e. The van der Waals surface area contributed by atoms with Gasteiger partial charge in [0, 0.05) is 47.7 Å². The predicted octanol–water partition coefficient (Wildman–Crippen LogP) is 2.69. The highest BCUT2D eigenvalue weighted by Gasteiger charge is 2.43. The molecule has 140 valence electrons. The normalized spacial score (nSPS) is 12.6. The molecule has 3 aromatic heterocycles. The first-order valence-electron chi connectivity index (χ1n) is 8.95. The van der Waals surface area contributed by atoms with Crippen LogP contribution in [0.2, 0.25) is 0 Å². The molecule has 0 amide bonds. The highest BCUT2D eigenvalue weighted by molar-refractivity contribution is 5.40. The zero-order valence-electron chi connectivity index (χ0n) is 15.1. The molecule has 0 saturated heterocycles. The van der Waals surface area contributed by atoms with Crippen molar-refractivity contribution in [1.29, 1.82) is 0 Å². The Balaban J connectivity index is 1.99. The summed E-state index contributed by atoms with van der Waals surface area (Å²) < 4.78 is 1.68. The Kier molecular flexibility index (Phi) is 4.97. The third-order valence-electron chi connectivity index (χ3n) is 4.82. The molecule has 2 N–H and O–H groups in total. The Morgan fingerprint density at radius 2 is 1.50 bits per heavy atom. The van der Waals surface area contributed by atoms with Crippen LogP contribution >= 0.6 is 0 Å². The fraction of sp³-hybridized carbons (Fsp3) is 0.136. The van der Waals surface area contributed by atoms with Gasteiger partial charge in [-0.2, -0.15) is 5.10 Å². The third-order valence-corrected chi connectivity index (χ3v) is 4.82. The zero-order valence-corrected chi connectivity index (χ0v) is 15.1. The van der Waals surface area contributed by atoms with E-state index >= 15 is 0 Å². The minimum absolute atomic E-state index is 0.125. The van der Waals surface area contributed by atoms with Gasteiger partial charge in [-0.1, -0.05) is 42.5 Å². The molecule has 3 heterocycles. The first-order chi connectivity index (χ1) is 13.7. The maximum atomic E-state index is 12.2. The van der Waals surface area contributed by atoms with E-state index in [4.69, 9.17) is 0 Å². The lowest BCUT2D eigenvalue weighted by atomic mass is 9.78. The minimum Gasteiger partial charge on any atom is -0.392 e. The predicted molar refractivity (Wildman–Crippen MR) is 104 cm³/mol. The molecule has 4 rings (SSSR count). The number of hydrogen-bond acceptors (Lipinski definition) is 5. The van der Waals surface area contributed by atoms with Gasteiger partial charge in [0.25, 0.3) is 0 Å². The second kappa shape index (κ2) is 7.72. The van der Waals surface area contributed by atoms with Crippen molar-refractivity contribution in [2.45, 2.75) is 18.2 Å². The first-order valence-corrected chi connectivity index (χ1v) is 8.95. The largest absolute Gasteiger partial charge is 0.392 e. The molecule has 0 fully saturated rings. The van der Waals surface area contributed by atoms with Gasteiger partial charge in [0.2, 0.25) is 0 Å². The van der Waals surface area contributed by atoms with Crippen LogP contribution in [0, 0.1) is 0 Å². The van der Waals surface area contributed by atoms with Crippen molar-refractivity contribution in [3.8, 4) is 0 Å². The van der Waals surface area contributed by atoms with Crippen LogP contribution in [-0.2, 0) is 12.2 Å². The van der Waals surface area contributed by atoms with Gasteiger partial charge in [-0.05, 0) is 17.7 Å². The molecule has 0 aliphatic heterocycles. The molecule has 0 saturated carbocycles. The molecular formula is C22H20N4O2. The molecule has 1 aromatic carbocycles. The number of benzene rings is 1. The Labute approximate surface area is 162 Å². The summed E-state index contributed by atoms with van der Waals surface area (Å²) in [5.74, 6) is 0. The summed E-state index contributed by atoms with van der Waals surface area (Å²) in [4.78, 5) is 8.43. The van der Waals surface area contributed by atoms with Gasteiger partial charge >= 0.3 is 0 Å². The van der Waals surface area contributed by atoms with Gasteiger partial charge in [0.05, 0.1) is 12.8 Å². The number of hydrogen-bond donors (Lipinski definition) is 2. The maximum absolute atomic E-state index is 12.2. The summed E-state index contributed by atoms with van der Waals surface area (Å²) >= 11 is 0. The van der Waals surface area contributed by atoms with Crippen molar-refractivity contribution in [3.05, 3.63) is 114 Å². The van der Waals surface area contributed by atoms with Crippen molar-refractivity contribution >= 4 is 0 Å². The molecule has 4 aromatic rings. The minimum atomic E-state index is -1.48. The maximum Gasteiger partial charge on any atom is 0.144 e. The molecule has 0 aliphatic carbocycles. The number of rotatable bonds is 6. The van der Waals surface area contributed by atoms with Crippen molar-refractivity contribution in [3.63, 3.8) is 0 Å². The van der Waals surface area contributed by atoms with Crippen molar-refractivity contribution in [2.75, 3.05) is 0 Å². The molecule has 28 heavy (non-hydrogen) atoms. The van der Waals surface area contributed by atoms with Crippen LogP contribution in [0.15, 0.2) is 91.8 Å². The number of aliphatic hydroxyl groups excluding tert-OH is 1. The molecule has 6 nitrogen and oxygen atoms in total. The summed E-state index contributed by atoms with van der Waals surface area (Å²) in [7, 11) is 0. The van der Waals surface area contributed by atoms with E-state index < -0.39 is 11.6 Å². The van der Waals surface area contributed by atoms with Crippen LogP contribution < -0.4 is 0 Å². The van der Waals surface area contributed by atoms with Crippen molar-refractivity contribution in [2.24, 2.45) is 0 Å². The standard InChI is InChI=1S/C22H20N4O2/c27-16-17-12-25-26(15-17)21(18-6-2-1-3-7-18)22(28,19-8-4-10-23-13-19)20-9-5-11-24-14-20/h1-15,21,27-28H,16H2. The summed E-state index contributed by atoms with van der Waals surface area (Å²) in [5.41, 5.74) is 1.30. The van der Waals surface area contributed by atoms with E-state index in [9.17, 15) is 10.2 Å². The average Bonchev–Trinajstić information content (AvgIpc) is 3.24. The van der Waals surface area contributed by atoms with Crippen LogP contribution in [0.4, 0.5) is 0 Å². The summed E-state index contributed by atoms with van der Waals surface area (Å²) in [6.07, 6.45) is 9.99. The van der Waals surface area contributed by atoms with Crippen LogP contribution in [-0.4, -0.2) is 30.0 Å². The van der Waals surface area contributed by atoms with E-state index in [-0.39, 0.29) is 6.61 Å². The third kappa shape index (κ3) is 3.19. The Morgan fingerprint density at radius 1 is 0.857 bits per heavy atom. The van der Waals surface area contributed by atoms with Gasteiger partial charge in [0.15, 0.2) is 0 Å². The van der Waals surface area contributed by atoms with Gasteiger partial charge in [-0.3, -0.25) is 14.6 Å². The molecule has 0 spiro atoms. The lowest BCUT2D eigenvalue weighted by Gasteiger charge is -2.37. The lowest BCUT2D eigenvalue weighted by Crippen LogP contribution is -2.39.